The number of benzene rings is 2. The summed E-state index contributed by atoms with van der Waals surface area (Å²) in [4.78, 5) is 13.9. The number of piperazine rings is 1. The number of rotatable bonds is 6. The lowest BCUT2D eigenvalue weighted by molar-refractivity contribution is -0.116. The maximum Gasteiger partial charge on any atom is 0.243 e. The average molecular weight is 454 g/mol. The van der Waals surface area contributed by atoms with Crippen molar-refractivity contribution in [2.24, 2.45) is 5.92 Å². The van der Waals surface area contributed by atoms with Crippen LogP contribution < -0.4 is 10.2 Å². The van der Waals surface area contributed by atoms with E-state index in [4.69, 9.17) is 11.6 Å². The Bertz CT molecular complexity index is 1000. The zero-order valence-corrected chi connectivity index (χ0v) is 18.5. The van der Waals surface area contributed by atoms with Gasteiger partial charge in [-0.15, -0.1) is 0 Å². The molecule has 0 spiro atoms. The zero-order chi connectivity index (χ0) is 21.9. The average Bonchev–Trinajstić information content (AvgIpc) is 2.68. The van der Waals surface area contributed by atoms with Gasteiger partial charge in [0.2, 0.25) is 15.9 Å². The molecule has 1 N–H and O–H groups in total. The molecule has 2 aromatic rings. The molecule has 0 aromatic heterocycles. The molecule has 30 heavy (non-hydrogen) atoms. The fraction of sp³-hybridized carbons (Fsp3) is 0.381. The SMILES string of the molecule is CC(C)CC(=O)Nc1ccc(N2CCN(S(=O)(=O)c3ccc(Cl)cc3)CC2)c(F)c1. The minimum atomic E-state index is -3.62. The second-order valence-corrected chi connectivity index (χ2v) is 10.0. The minimum Gasteiger partial charge on any atom is -0.367 e. The van der Waals surface area contributed by atoms with Crippen molar-refractivity contribution in [3.63, 3.8) is 0 Å². The number of carbonyl (C=O) groups is 1. The monoisotopic (exact) mass is 453 g/mol. The molecule has 1 aliphatic rings. The number of nitrogens with zero attached hydrogens (tertiary/aromatic N) is 2. The summed E-state index contributed by atoms with van der Waals surface area (Å²) in [5.41, 5.74) is 0.797. The third kappa shape index (κ3) is 5.30. The summed E-state index contributed by atoms with van der Waals surface area (Å²) in [7, 11) is -3.62. The van der Waals surface area contributed by atoms with E-state index in [2.05, 4.69) is 5.32 Å². The van der Waals surface area contributed by atoms with E-state index in [0.29, 0.717) is 35.9 Å². The van der Waals surface area contributed by atoms with Crippen molar-refractivity contribution < 1.29 is 17.6 Å². The van der Waals surface area contributed by atoms with Gasteiger partial charge in [0.15, 0.2) is 0 Å². The number of halogens is 2. The maximum absolute atomic E-state index is 14.6. The first kappa shape index (κ1) is 22.5. The van der Waals surface area contributed by atoms with E-state index in [0.717, 1.165) is 0 Å². The lowest BCUT2D eigenvalue weighted by Crippen LogP contribution is -2.48. The van der Waals surface area contributed by atoms with Gasteiger partial charge >= 0.3 is 0 Å². The van der Waals surface area contributed by atoms with E-state index in [9.17, 15) is 17.6 Å². The van der Waals surface area contributed by atoms with Crippen molar-refractivity contribution in [2.75, 3.05) is 36.4 Å². The molecule has 6 nitrogen and oxygen atoms in total. The summed E-state index contributed by atoms with van der Waals surface area (Å²) < 4.78 is 41.6. The molecule has 0 saturated carbocycles. The molecule has 1 aliphatic heterocycles. The number of carbonyl (C=O) groups excluding carboxylic acids is 1. The number of nitrogens with one attached hydrogen (secondary N) is 1. The fourth-order valence-corrected chi connectivity index (χ4v) is 4.90. The third-order valence-corrected chi connectivity index (χ3v) is 7.02. The van der Waals surface area contributed by atoms with Gasteiger partial charge in [0.1, 0.15) is 5.82 Å². The van der Waals surface area contributed by atoms with Crippen LogP contribution in [0, 0.1) is 11.7 Å². The first-order chi connectivity index (χ1) is 14.2. The van der Waals surface area contributed by atoms with Gasteiger partial charge in [-0.3, -0.25) is 4.79 Å². The van der Waals surface area contributed by atoms with Crippen molar-refractivity contribution in [1.29, 1.82) is 0 Å². The van der Waals surface area contributed by atoms with Crippen molar-refractivity contribution in [3.8, 4) is 0 Å². The van der Waals surface area contributed by atoms with Crippen molar-refractivity contribution in [3.05, 3.63) is 53.3 Å². The molecule has 1 saturated heterocycles. The fourth-order valence-electron chi connectivity index (χ4n) is 3.35. The Morgan fingerprint density at radius 2 is 1.73 bits per heavy atom. The van der Waals surface area contributed by atoms with Gasteiger partial charge in [-0.25, -0.2) is 12.8 Å². The Hall–Kier alpha value is -2.16. The number of hydrogen-bond acceptors (Lipinski definition) is 4. The molecule has 1 fully saturated rings. The van der Waals surface area contributed by atoms with Crippen molar-refractivity contribution in [2.45, 2.75) is 25.2 Å². The highest BCUT2D eigenvalue weighted by atomic mass is 35.5. The molecular formula is C21H25ClFN3O3S. The standard InChI is InChI=1S/C21H25ClFN3O3S/c1-15(2)13-21(27)24-17-5-8-20(19(23)14-17)25-9-11-26(12-10-25)30(28,29)18-6-3-16(22)4-7-18/h3-8,14-15H,9-13H2,1-2H3,(H,24,27). The predicted octanol–water partition coefficient (Wildman–Crippen LogP) is 3.97. The maximum atomic E-state index is 14.6. The lowest BCUT2D eigenvalue weighted by atomic mass is 10.1. The Labute approximate surface area is 181 Å². The second-order valence-electron chi connectivity index (χ2n) is 7.66. The molecule has 1 amide bonds. The molecule has 0 atom stereocenters. The molecule has 9 heteroatoms. The summed E-state index contributed by atoms with van der Waals surface area (Å²) in [5, 5.41) is 3.17. The summed E-state index contributed by atoms with van der Waals surface area (Å²) in [6.45, 7) is 5.10. The van der Waals surface area contributed by atoms with Crippen LogP contribution in [0.15, 0.2) is 47.4 Å². The normalized spacial score (nSPS) is 15.4. The van der Waals surface area contributed by atoms with E-state index >= 15 is 0 Å². The van der Waals surface area contributed by atoms with Crippen LogP contribution >= 0.6 is 11.6 Å². The van der Waals surface area contributed by atoms with Gasteiger partial charge in [-0.1, -0.05) is 25.4 Å². The lowest BCUT2D eigenvalue weighted by Gasteiger charge is -2.35. The number of anilines is 2. The predicted molar refractivity (Wildman–Crippen MR) is 117 cm³/mol. The molecule has 0 bridgehead atoms. The first-order valence-corrected chi connectivity index (χ1v) is 11.6. The zero-order valence-electron chi connectivity index (χ0n) is 16.9. The molecule has 162 valence electrons. The number of sulfonamides is 1. The summed E-state index contributed by atoms with van der Waals surface area (Å²) in [6.07, 6.45) is 0.368. The van der Waals surface area contributed by atoms with Crippen LogP contribution in [0.5, 0.6) is 0 Å². The number of amides is 1. The van der Waals surface area contributed by atoms with Gasteiger partial charge < -0.3 is 10.2 Å². The Morgan fingerprint density at radius 3 is 2.30 bits per heavy atom. The molecule has 0 aliphatic carbocycles. The van der Waals surface area contributed by atoms with Crippen LogP contribution in [0.1, 0.15) is 20.3 Å². The molecule has 0 radical (unpaired) electrons. The summed E-state index contributed by atoms with van der Waals surface area (Å²) in [5.74, 6) is -0.390. The van der Waals surface area contributed by atoms with E-state index in [1.165, 1.54) is 22.5 Å². The van der Waals surface area contributed by atoms with E-state index < -0.39 is 15.8 Å². The van der Waals surface area contributed by atoms with Crippen LogP contribution in [0.2, 0.25) is 5.02 Å². The highest BCUT2D eigenvalue weighted by Crippen LogP contribution is 2.26. The Morgan fingerprint density at radius 1 is 1.10 bits per heavy atom. The van der Waals surface area contributed by atoms with Crippen molar-refractivity contribution in [1.82, 2.24) is 4.31 Å². The molecule has 0 unspecified atom stereocenters. The van der Waals surface area contributed by atoms with Crippen LogP contribution in [0.4, 0.5) is 15.8 Å². The Balaban J connectivity index is 1.64. The van der Waals surface area contributed by atoms with E-state index in [1.807, 2.05) is 18.7 Å². The van der Waals surface area contributed by atoms with Gasteiger partial charge in [-0.05, 0) is 48.4 Å². The largest absolute Gasteiger partial charge is 0.367 e. The molecule has 3 rings (SSSR count). The second kappa shape index (κ2) is 9.32. The number of hydrogen-bond donors (Lipinski definition) is 1. The van der Waals surface area contributed by atoms with Gasteiger partial charge in [0.05, 0.1) is 10.6 Å². The molecule has 1 heterocycles. The van der Waals surface area contributed by atoms with Gasteiger partial charge in [-0.2, -0.15) is 4.31 Å². The topological polar surface area (TPSA) is 69.7 Å². The van der Waals surface area contributed by atoms with Crippen molar-refractivity contribution >= 4 is 38.9 Å². The van der Waals surface area contributed by atoms with Crippen LogP contribution in [0.25, 0.3) is 0 Å². The van der Waals surface area contributed by atoms with Gasteiger partial charge in [0, 0.05) is 43.3 Å². The third-order valence-electron chi connectivity index (χ3n) is 4.86. The smallest absolute Gasteiger partial charge is 0.243 e. The highest BCUT2D eigenvalue weighted by Gasteiger charge is 2.29. The molecule has 2 aromatic carbocycles. The van der Waals surface area contributed by atoms with Crippen LogP contribution in [-0.4, -0.2) is 44.8 Å². The highest BCUT2D eigenvalue weighted by molar-refractivity contribution is 7.89. The first-order valence-electron chi connectivity index (χ1n) is 9.77. The van der Waals surface area contributed by atoms with Crippen LogP contribution in [0.3, 0.4) is 0 Å². The van der Waals surface area contributed by atoms with Gasteiger partial charge in [0.25, 0.3) is 0 Å². The minimum absolute atomic E-state index is 0.154. The summed E-state index contributed by atoms with van der Waals surface area (Å²) >= 11 is 5.84. The van der Waals surface area contributed by atoms with E-state index in [-0.39, 0.29) is 29.8 Å². The Kier molecular flexibility index (Phi) is 7.00. The quantitative estimate of drug-likeness (QED) is 0.718. The van der Waals surface area contributed by atoms with Crippen LogP contribution in [-0.2, 0) is 14.8 Å². The summed E-state index contributed by atoms with van der Waals surface area (Å²) in [6, 6.07) is 10.6. The van der Waals surface area contributed by atoms with E-state index in [1.54, 1.807) is 24.3 Å². The molecular weight excluding hydrogens is 429 g/mol.